The zero-order valence-corrected chi connectivity index (χ0v) is 20.1. The molecule has 186 valence electrons. The average molecular weight is 472 g/mol. The van der Waals surface area contributed by atoms with Crippen molar-refractivity contribution in [3.63, 3.8) is 0 Å². The number of hydrogen-bond acceptors (Lipinski definition) is 7. The van der Waals surface area contributed by atoms with Crippen molar-refractivity contribution in [2.45, 2.75) is 69.7 Å². The number of benzene rings is 1. The molecule has 2 aliphatic heterocycles. The van der Waals surface area contributed by atoms with Crippen molar-refractivity contribution in [3.05, 3.63) is 30.5 Å². The molecule has 1 amide bonds. The summed E-state index contributed by atoms with van der Waals surface area (Å²) in [5, 5.41) is 21.5. The second-order valence-electron chi connectivity index (χ2n) is 9.24. The first kappa shape index (κ1) is 24.6. The molecule has 0 aliphatic carbocycles. The lowest BCUT2D eigenvalue weighted by atomic mass is 9.97. The highest BCUT2D eigenvalue weighted by Crippen LogP contribution is 2.28. The fourth-order valence-electron chi connectivity index (χ4n) is 4.89. The lowest BCUT2D eigenvalue weighted by molar-refractivity contribution is -0.129. The van der Waals surface area contributed by atoms with E-state index in [4.69, 9.17) is 9.47 Å². The van der Waals surface area contributed by atoms with Gasteiger partial charge in [-0.15, -0.1) is 5.10 Å². The lowest BCUT2D eigenvalue weighted by Gasteiger charge is -2.36. The van der Waals surface area contributed by atoms with E-state index in [2.05, 4.69) is 20.5 Å². The van der Waals surface area contributed by atoms with Gasteiger partial charge in [-0.1, -0.05) is 23.8 Å². The molecule has 34 heavy (non-hydrogen) atoms. The van der Waals surface area contributed by atoms with Gasteiger partial charge in [0, 0.05) is 25.1 Å². The minimum Gasteiger partial charge on any atom is -0.496 e. The number of carbonyl (C=O) groups excluding carboxylic acids is 1. The van der Waals surface area contributed by atoms with E-state index in [0.29, 0.717) is 13.0 Å². The van der Waals surface area contributed by atoms with Crippen molar-refractivity contribution < 1.29 is 19.4 Å². The first-order valence-corrected chi connectivity index (χ1v) is 12.5. The van der Waals surface area contributed by atoms with Crippen molar-refractivity contribution >= 4 is 5.91 Å². The Morgan fingerprint density at radius 3 is 2.82 bits per heavy atom. The number of carbonyl (C=O) groups is 1. The molecule has 1 aromatic heterocycles. The summed E-state index contributed by atoms with van der Waals surface area (Å²) < 4.78 is 13.4. The summed E-state index contributed by atoms with van der Waals surface area (Å²) in [6.45, 7) is 3.55. The number of aliphatic hydroxyl groups excluding tert-OH is 1. The first-order valence-electron chi connectivity index (χ1n) is 12.5. The number of amides is 1. The number of piperidine rings is 1. The Labute approximate surface area is 201 Å². The smallest absolute Gasteiger partial charge is 0.221 e. The summed E-state index contributed by atoms with van der Waals surface area (Å²) in [5.41, 5.74) is 1.67. The molecular weight excluding hydrogens is 434 g/mol. The summed E-state index contributed by atoms with van der Waals surface area (Å²) in [7, 11) is 1.64. The van der Waals surface area contributed by atoms with E-state index in [-0.39, 0.29) is 30.8 Å². The van der Waals surface area contributed by atoms with E-state index in [1.54, 1.807) is 7.11 Å². The third-order valence-corrected chi connectivity index (χ3v) is 6.85. The predicted octanol–water partition coefficient (Wildman–Crippen LogP) is 2.24. The van der Waals surface area contributed by atoms with Crippen LogP contribution in [0.4, 0.5) is 0 Å². The van der Waals surface area contributed by atoms with Gasteiger partial charge >= 0.3 is 0 Å². The van der Waals surface area contributed by atoms with Gasteiger partial charge < -0.3 is 24.8 Å². The van der Waals surface area contributed by atoms with Gasteiger partial charge in [-0.2, -0.15) is 0 Å². The molecule has 9 nitrogen and oxygen atoms in total. The van der Waals surface area contributed by atoms with E-state index >= 15 is 0 Å². The summed E-state index contributed by atoms with van der Waals surface area (Å²) in [6.07, 6.45) is 8.19. The van der Waals surface area contributed by atoms with Gasteiger partial charge in [-0.05, 0) is 57.3 Å². The summed E-state index contributed by atoms with van der Waals surface area (Å²) in [6, 6.07) is 7.60. The number of hydrogen-bond donors (Lipinski definition) is 2. The number of aromatic nitrogens is 3. The molecule has 0 radical (unpaired) electrons. The highest BCUT2D eigenvalue weighted by atomic mass is 16.5. The number of likely N-dealkylation sites (tertiary alicyclic amines) is 1. The number of methoxy groups -OCH3 is 1. The molecule has 1 aromatic carbocycles. The maximum Gasteiger partial charge on any atom is 0.221 e. The van der Waals surface area contributed by atoms with E-state index < -0.39 is 0 Å². The SMILES string of the molecule is COc1ccccc1-c1cn(CC[C@@H]2CC[C@H](NC(=O)CCN3CCCCC3)[C@@H](CO)O2)nn1. The molecule has 3 heterocycles. The first-order chi connectivity index (χ1) is 16.7. The van der Waals surface area contributed by atoms with Crippen LogP contribution in [0.15, 0.2) is 30.5 Å². The van der Waals surface area contributed by atoms with Crippen LogP contribution in [0.1, 0.15) is 44.9 Å². The fraction of sp³-hybridized carbons (Fsp3) is 0.640. The van der Waals surface area contributed by atoms with E-state index in [1.165, 1.54) is 19.3 Å². The molecule has 4 rings (SSSR count). The Balaban J connectivity index is 1.22. The Bertz CT molecular complexity index is 914. The van der Waals surface area contributed by atoms with Gasteiger partial charge in [0.2, 0.25) is 5.91 Å². The molecule has 2 aromatic rings. The van der Waals surface area contributed by atoms with Crippen LogP contribution in [0.2, 0.25) is 0 Å². The molecule has 9 heteroatoms. The molecule has 2 fully saturated rings. The van der Waals surface area contributed by atoms with Crippen LogP contribution in [0.3, 0.4) is 0 Å². The predicted molar refractivity (Wildman–Crippen MR) is 128 cm³/mol. The summed E-state index contributed by atoms with van der Waals surface area (Å²) in [5.74, 6) is 0.808. The average Bonchev–Trinajstić information content (AvgIpc) is 3.36. The molecule has 0 spiro atoms. The second-order valence-corrected chi connectivity index (χ2v) is 9.24. The number of rotatable bonds is 10. The molecule has 0 bridgehead atoms. The Morgan fingerprint density at radius 1 is 1.21 bits per heavy atom. The zero-order valence-electron chi connectivity index (χ0n) is 20.1. The number of nitrogens with zero attached hydrogens (tertiary/aromatic N) is 4. The Morgan fingerprint density at radius 2 is 2.03 bits per heavy atom. The van der Waals surface area contributed by atoms with Gasteiger partial charge in [0.25, 0.3) is 0 Å². The van der Waals surface area contributed by atoms with Crippen LogP contribution >= 0.6 is 0 Å². The number of ether oxygens (including phenoxy) is 2. The minimum absolute atomic E-state index is 0.0116. The van der Waals surface area contributed by atoms with Crippen molar-refractivity contribution in [2.75, 3.05) is 33.4 Å². The fourth-order valence-corrected chi connectivity index (χ4v) is 4.89. The third kappa shape index (κ3) is 6.55. The Hall–Kier alpha value is -2.49. The molecule has 2 N–H and O–H groups in total. The minimum atomic E-state index is -0.377. The second kappa shape index (κ2) is 12.3. The van der Waals surface area contributed by atoms with Crippen molar-refractivity contribution in [1.82, 2.24) is 25.2 Å². The van der Waals surface area contributed by atoms with Crippen LogP contribution in [0.25, 0.3) is 11.3 Å². The molecule has 3 atom stereocenters. The van der Waals surface area contributed by atoms with Gasteiger partial charge in [-0.3, -0.25) is 9.48 Å². The molecule has 2 saturated heterocycles. The molecule has 0 unspecified atom stereocenters. The normalized spacial score (nSPS) is 23.5. The number of aryl methyl sites for hydroxylation is 1. The standard InChI is InChI=1S/C25H37N5O4/c1-33-23-8-4-3-7-20(23)22-17-30(28-27-22)16-11-19-9-10-21(24(18-31)34-19)26-25(32)12-15-29-13-5-2-6-14-29/h3-4,7-8,17,19,21,24,31H,2,5-6,9-16,18H2,1H3,(H,26,32)/t19-,21-,24+/m0/s1. The molecule has 2 aliphatic rings. The maximum absolute atomic E-state index is 12.5. The third-order valence-electron chi connectivity index (χ3n) is 6.85. The van der Waals surface area contributed by atoms with Crippen molar-refractivity contribution in [2.24, 2.45) is 0 Å². The van der Waals surface area contributed by atoms with E-state index in [0.717, 1.165) is 55.9 Å². The number of nitrogens with one attached hydrogen (secondary N) is 1. The van der Waals surface area contributed by atoms with Gasteiger partial charge in [-0.25, -0.2) is 0 Å². The van der Waals surface area contributed by atoms with Gasteiger partial charge in [0.15, 0.2) is 0 Å². The van der Waals surface area contributed by atoms with Gasteiger partial charge in [0.05, 0.1) is 32.1 Å². The van der Waals surface area contributed by atoms with E-state index in [1.807, 2.05) is 35.1 Å². The topological polar surface area (TPSA) is 102 Å². The van der Waals surface area contributed by atoms with Crippen LogP contribution < -0.4 is 10.1 Å². The highest BCUT2D eigenvalue weighted by Gasteiger charge is 2.32. The summed E-state index contributed by atoms with van der Waals surface area (Å²) in [4.78, 5) is 14.8. The number of para-hydroxylation sites is 1. The molecular formula is C25H37N5O4. The van der Waals surface area contributed by atoms with Crippen LogP contribution in [-0.2, 0) is 16.1 Å². The van der Waals surface area contributed by atoms with Crippen LogP contribution in [0, 0.1) is 0 Å². The monoisotopic (exact) mass is 471 g/mol. The van der Waals surface area contributed by atoms with Crippen molar-refractivity contribution in [1.29, 1.82) is 0 Å². The highest BCUT2D eigenvalue weighted by molar-refractivity contribution is 5.76. The largest absolute Gasteiger partial charge is 0.496 e. The number of aliphatic hydroxyl groups is 1. The quantitative estimate of drug-likeness (QED) is 0.548. The van der Waals surface area contributed by atoms with Crippen LogP contribution in [-0.4, -0.2) is 82.5 Å². The Kier molecular flexibility index (Phi) is 8.90. The maximum atomic E-state index is 12.5. The van der Waals surface area contributed by atoms with Crippen LogP contribution in [0.5, 0.6) is 5.75 Å². The molecule has 0 saturated carbocycles. The zero-order chi connectivity index (χ0) is 23.8. The van der Waals surface area contributed by atoms with Crippen molar-refractivity contribution in [3.8, 4) is 17.0 Å². The van der Waals surface area contributed by atoms with E-state index in [9.17, 15) is 9.90 Å². The lowest BCUT2D eigenvalue weighted by Crippen LogP contribution is -2.51. The summed E-state index contributed by atoms with van der Waals surface area (Å²) >= 11 is 0. The van der Waals surface area contributed by atoms with Gasteiger partial charge in [0.1, 0.15) is 17.5 Å².